The summed E-state index contributed by atoms with van der Waals surface area (Å²) in [7, 11) is 0. The topological polar surface area (TPSA) is 66.8 Å². The minimum atomic E-state index is -1.12. The van der Waals surface area contributed by atoms with Crippen molar-refractivity contribution in [3.8, 4) is 11.5 Å². The lowest BCUT2D eigenvalue weighted by molar-refractivity contribution is 0.0692. The highest BCUT2D eigenvalue weighted by Crippen LogP contribution is 2.41. The molecule has 4 heteroatoms. The van der Waals surface area contributed by atoms with Gasteiger partial charge in [-0.3, -0.25) is 0 Å². The van der Waals surface area contributed by atoms with Crippen LogP contribution in [0.15, 0.2) is 23.8 Å². The molecular weight excluding hydrogens is 292 g/mol. The van der Waals surface area contributed by atoms with Crippen molar-refractivity contribution in [2.24, 2.45) is 0 Å². The number of fused-ring (bicyclic) bond motifs is 1. The second kappa shape index (κ2) is 6.49. The van der Waals surface area contributed by atoms with E-state index in [-0.39, 0.29) is 11.3 Å². The Morgan fingerprint density at radius 1 is 1.39 bits per heavy atom. The summed E-state index contributed by atoms with van der Waals surface area (Å²) in [5.41, 5.74) is 1.80. The van der Waals surface area contributed by atoms with Crippen molar-refractivity contribution in [3.05, 3.63) is 40.5 Å². The molecule has 1 unspecified atom stereocenters. The predicted molar refractivity (Wildman–Crippen MR) is 91.2 cm³/mol. The van der Waals surface area contributed by atoms with Gasteiger partial charge in [-0.1, -0.05) is 18.6 Å². The first-order chi connectivity index (χ1) is 10.8. The van der Waals surface area contributed by atoms with Crippen molar-refractivity contribution in [3.63, 3.8) is 0 Å². The molecule has 2 N–H and O–H groups in total. The Labute approximate surface area is 137 Å². The maximum absolute atomic E-state index is 11.4. The van der Waals surface area contributed by atoms with Crippen LogP contribution >= 0.6 is 0 Å². The summed E-state index contributed by atoms with van der Waals surface area (Å²) in [5.74, 6) is -0.784. The fraction of sp³-hybridized carbons (Fsp3) is 0.421. The molecule has 124 valence electrons. The van der Waals surface area contributed by atoms with Gasteiger partial charge in [0.25, 0.3) is 0 Å². The number of aryl methyl sites for hydroxylation is 1. The first-order valence-electron chi connectivity index (χ1n) is 7.91. The molecule has 2 rings (SSSR count). The van der Waals surface area contributed by atoms with Gasteiger partial charge >= 0.3 is 5.97 Å². The molecule has 0 radical (unpaired) electrons. The molecule has 0 saturated carbocycles. The molecule has 1 aliphatic rings. The Hall–Kier alpha value is -2.23. The van der Waals surface area contributed by atoms with E-state index in [2.05, 4.69) is 19.9 Å². The van der Waals surface area contributed by atoms with Crippen LogP contribution in [0.3, 0.4) is 0 Å². The van der Waals surface area contributed by atoms with Crippen molar-refractivity contribution in [1.82, 2.24) is 0 Å². The van der Waals surface area contributed by atoms with Crippen LogP contribution in [0.4, 0.5) is 0 Å². The van der Waals surface area contributed by atoms with Crippen LogP contribution in [0.5, 0.6) is 11.5 Å². The van der Waals surface area contributed by atoms with E-state index in [1.54, 1.807) is 12.1 Å². The normalized spacial score (nSPS) is 19.0. The molecule has 0 spiro atoms. The van der Waals surface area contributed by atoms with Gasteiger partial charge in [0.05, 0.1) is 5.56 Å². The number of carboxylic acid groups (broad SMARTS) is 1. The first kappa shape index (κ1) is 17.1. The van der Waals surface area contributed by atoms with Crippen LogP contribution < -0.4 is 4.74 Å². The molecule has 1 heterocycles. The lowest BCUT2D eigenvalue weighted by Gasteiger charge is -2.32. The Morgan fingerprint density at radius 2 is 2.09 bits per heavy atom. The number of hydrogen-bond donors (Lipinski definition) is 2. The average Bonchev–Trinajstić information content (AvgIpc) is 2.45. The van der Waals surface area contributed by atoms with Crippen LogP contribution in [0, 0.1) is 0 Å². The van der Waals surface area contributed by atoms with E-state index >= 15 is 0 Å². The second-order valence-corrected chi connectivity index (χ2v) is 6.40. The monoisotopic (exact) mass is 316 g/mol. The number of rotatable bonds is 5. The van der Waals surface area contributed by atoms with Crippen LogP contribution in [0.25, 0.3) is 6.08 Å². The highest BCUT2D eigenvalue weighted by Gasteiger charge is 2.30. The van der Waals surface area contributed by atoms with E-state index < -0.39 is 11.6 Å². The van der Waals surface area contributed by atoms with Crippen LogP contribution in [-0.2, 0) is 6.42 Å². The summed E-state index contributed by atoms with van der Waals surface area (Å²) in [4.78, 5) is 11.4. The van der Waals surface area contributed by atoms with Crippen LogP contribution in [0.1, 0.15) is 62.0 Å². The van der Waals surface area contributed by atoms with Crippen LogP contribution in [-0.4, -0.2) is 21.8 Å². The van der Waals surface area contributed by atoms with Crippen molar-refractivity contribution in [1.29, 1.82) is 0 Å². The Bertz CT molecular complexity index is 681. The minimum absolute atomic E-state index is 0.0346. The molecule has 0 aromatic heterocycles. The van der Waals surface area contributed by atoms with E-state index in [0.29, 0.717) is 23.3 Å². The number of benzene rings is 1. The summed E-state index contributed by atoms with van der Waals surface area (Å²) in [5, 5.41) is 19.6. The fourth-order valence-electron chi connectivity index (χ4n) is 2.80. The van der Waals surface area contributed by atoms with E-state index in [4.69, 9.17) is 4.74 Å². The second-order valence-electron chi connectivity index (χ2n) is 6.40. The number of phenols is 1. The van der Waals surface area contributed by atoms with Gasteiger partial charge in [0.2, 0.25) is 0 Å². The zero-order chi connectivity index (χ0) is 17.2. The molecule has 4 nitrogen and oxygen atoms in total. The molecule has 1 aliphatic heterocycles. The maximum Gasteiger partial charge on any atom is 0.339 e. The van der Waals surface area contributed by atoms with Gasteiger partial charge in [-0.2, -0.15) is 0 Å². The van der Waals surface area contributed by atoms with Gasteiger partial charge in [-0.25, -0.2) is 4.79 Å². The largest absolute Gasteiger partial charge is 0.506 e. The van der Waals surface area contributed by atoms with Crippen molar-refractivity contribution in [2.75, 3.05) is 0 Å². The van der Waals surface area contributed by atoms with E-state index in [9.17, 15) is 15.0 Å². The molecule has 23 heavy (non-hydrogen) atoms. The number of allylic oxidation sites excluding steroid dienone is 2. The van der Waals surface area contributed by atoms with Gasteiger partial charge in [0.15, 0.2) is 0 Å². The van der Waals surface area contributed by atoms with Gasteiger partial charge in [-0.05, 0) is 63.8 Å². The highest BCUT2D eigenvalue weighted by atomic mass is 16.5. The number of hydrogen-bond acceptors (Lipinski definition) is 3. The Morgan fingerprint density at radius 3 is 2.65 bits per heavy atom. The van der Waals surface area contributed by atoms with E-state index in [1.807, 2.05) is 19.9 Å². The quantitative estimate of drug-likeness (QED) is 0.781. The van der Waals surface area contributed by atoms with Crippen LogP contribution in [0.2, 0.25) is 0 Å². The zero-order valence-electron chi connectivity index (χ0n) is 14.1. The molecule has 0 saturated heterocycles. The molecule has 0 amide bonds. The average molecular weight is 316 g/mol. The van der Waals surface area contributed by atoms with Gasteiger partial charge in [-0.15, -0.1) is 0 Å². The molecular formula is C19H24O4. The highest BCUT2D eigenvalue weighted by molar-refractivity contribution is 5.95. The predicted octanol–water partition coefficient (Wildman–Crippen LogP) is 4.56. The number of aromatic carboxylic acids is 1. The standard InChI is InChI=1S/C19H24O4/c1-5-13-11-15-14(17(20)16(13)18(21)22)8-10-19(4,23-15)9-6-7-12(2)3/h7-8,10-11,20H,5-6,9H2,1-4H3,(H,21,22). The molecule has 0 aliphatic carbocycles. The first-order valence-corrected chi connectivity index (χ1v) is 7.91. The third-order valence-corrected chi connectivity index (χ3v) is 4.12. The number of ether oxygens (including phenoxy) is 1. The molecule has 1 atom stereocenters. The molecule has 0 fully saturated rings. The number of carboxylic acids is 1. The van der Waals surface area contributed by atoms with Crippen molar-refractivity contribution in [2.45, 2.75) is 52.6 Å². The maximum atomic E-state index is 11.4. The third kappa shape index (κ3) is 3.58. The zero-order valence-corrected chi connectivity index (χ0v) is 14.1. The van der Waals surface area contributed by atoms with E-state index in [1.165, 1.54) is 5.57 Å². The number of aromatic hydroxyl groups is 1. The van der Waals surface area contributed by atoms with Gasteiger partial charge in [0, 0.05) is 0 Å². The smallest absolute Gasteiger partial charge is 0.339 e. The summed E-state index contributed by atoms with van der Waals surface area (Å²) in [6.07, 6.45) is 8.06. The lowest BCUT2D eigenvalue weighted by Crippen LogP contribution is -2.32. The van der Waals surface area contributed by atoms with E-state index in [0.717, 1.165) is 12.8 Å². The summed E-state index contributed by atoms with van der Waals surface area (Å²) in [6.45, 7) is 7.99. The summed E-state index contributed by atoms with van der Waals surface area (Å²) >= 11 is 0. The molecule has 0 bridgehead atoms. The Kier molecular flexibility index (Phi) is 4.83. The summed E-state index contributed by atoms with van der Waals surface area (Å²) < 4.78 is 6.09. The minimum Gasteiger partial charge on any atom is -0.506 e. The fourth-order valence-corrected chi connectivity index (χ4v) is 2.80. The van der Waals surface area contributed by atoms with Crippen molar-refractivity contribution < 1.29 is 19.7 Å². The summed E-state index contributed by atoms with van der Waals surface area (Å²) in [6, 6.07) is 1.74. The van der Waals surface area contributed by atoms with Gasteiger partial charge in [0.1, 0.15) is 22.7 Å². The molecule has 1 aromatic rings. The van der Waals surface area contributed by atoms with Gasteiger partial charge < -0.3 is 14.9 Å². The third-order valence-electron chi connectivity index (χ3n) is 4.12. The Balaban J connectivity index is 2.37. The SMILES string of the molecule is CCc1cc2c(c(O)c1C(=O)O)C=CC(C)(CCC=C(C)C)O2. The van der Waals surface area contributed by atoms with Crippen molar-refractivity contribution >= 4 is 12.0 Å². The molecule has 1 aromatic carbocycles. The number of carbonyl (C=O) groups is 1. The lowest BCUT2D eigenvalue weighted by atomic mass is 9.92.